The van der Waals surface area contributed by atoms with Crippen molar-refractivity contribution in [2.24, 2.45) is 0 Å². The van der Waals surface area contributed by atoms with Crippen LogP contribution >= 0.6 is 11.3 Å². The Hall–Kier alpha value is -1.77. The van der Waals surface area contributed by atoms with Crippen LogP contribution < -0.4 is 0 Å². The average Bonchev–Trinajstić information content (AvgIpc) is 3.25. The summed E-state index contributed by atoms with van der Waals surface area (Å²) in [5.41, 5.74) is 0. The van der Waals surface area contributed by atoms with Gasteiger partial charge < -0.3 is 14.4 Å². The number of aliphatic hydroxyl groups is 1. The maximum absolute atomic E-state index is 12.4. The molecule has 7 nitrogen and oxygen atoms in total. The van der Waals surface area contributed by atoms with Crippen LogP contribution in [0.3, 0.4) is 0 Å². The van der Waals surface area contributed by atoms with E-state index in [9.17, 15) is 9.90 Å². The Bertz CT molecular complexity index is 657. The predicted molar refractivity (Wildman–Crippen MR) is 85.1 cm³/mol. The average molecular weight is 336 g/mol. The van der Waals surface area contributed by atoms with Crippen LogP contribution in [0, 0.1) is 6.92 Å². The topological polar surface area (TPSA) is 82.7 Å². The Kier molecular flexibility index (Phi) is 4.74. The fraction of sp³-hybridized carbons (Fsp3) is 0.533. The minimum atomic E-state index is -0.581. The molecule has 0 spiro atoms. The maximum Gasteiger partial charge on any atom is 0.264 e. The van der Waals surface area contributed by atoms with Gasteiger partial charge in [0.15, 0.2) is 0 Å². The predicted octanol–water partition coefficient (Wildman–Crippen LogP) is 1.15. The van der Waals surface area contributed by atoms with Crippen molar-refractivity contribution < 1.29 is 14.3 Å². The highest BCUT2D eigenvalue weighted by Crippen LogP contribution is 2.22. The van der Waals surface area contributed by atoms with Crippen LogP contribution in [0.5, 0.6) is 0 Å². The zero-order valence-electron chi connectivity index (χ0n) is 13.2. The quantitative estimate of drug-likeness (QED) is 0.882. The number of likely N-dealkylation sites (tertiary alicyclic amines) is 1. The van der Waals surface area contributed by atoms with E-state index in [-0.39, 0.29) is 11.9 Å². The lowest BCUT2D eigenvalue weighted by molar-refractivity contribution is 0.0745. The van der Waals surface area contributed by atoms with E-state index in [0.717, 1.165) is 6.54 Å². The number of thiophene rings is 1. The molecule has 2 aromatic heterocycles. The van der Waals surface area contributed by atoms with E-state index < -0.39 is 6.10 Å². The highest BCUT2D eigenvalue weighted by molar-refractivity contribution is 7.12. The number of rotatable bonds is 5. The third-order valence-electron chi connectivity index (χ3n) is 4.06. The van der Waals surface area contributed by atoms with Crippen molar-refractivity contribution in [1.82, 2.24) is 20.0 Å². The van der Waals surface area contributed by atoms with Gasteiger partial charge in [-0.15, -0.1) is 21.5 Å². The molecule has 2 aromatic rings. The first kappa shape index (κ1) is 16.1. The molecule has 3 heterocycles. The molecule has 8 heteroatoms. The van der Waals surface area contributed by atoms with E-state index in [1.165, 1.54) is 11.3 Å². The summed E-state index contributed by atoms with van der Waals surface area (Å²) in [6.45, 7) is 5.81. The molecule has 1 saturated heterocycles. The lowest BCUT2D eigenvalue weighted by atomic mass is 10.2. The lowest BCUT2D eigenvalue weighted by Crippen LogP contribution is -2.43. The minimum Gasteiger partial charge on any atom is -0.424 e. The fourth-order valence-electron chi connectivity index (χ4n) is 2.89. The summed E-state index contributed by atoms with van der Waals surface area (Å²) in [5, 5.41) is 20.1. The van der Waals surface area contributed by atoms with Crippen molar-refractivity contribution in [3.63, 3.8) is 0 Å². The standard InChI is InChI=1S/C15H20N4O3S/c1-3-18(9-14-17-16-10(2)22-14)11-7-19(8-12(11)20)15(21)13-5-4-6-23-13/h4-6,11-12,20H,3,7-9H2,1-2H3/t11-,12+/m0/s1. The molecule has 2 atom stereocenters. The Balaban J connectivity index is 1.68. The van der Waals surface area contributed by atoms with Gasteiger partial charge in [0.05, 0.1) is 23.6 Å². The Labute approximate surface area is 138 Å². The molecule has 0 aliphatic carbocycles. The maximum atomic E-state index is 12.4. The Morgan fingerprint density at radius 3 is 2.96 bits per heavy atom. The normalized spacial score (nSPS) is 21.3. The number of likely N-dealkylation sites (N-methyl/N-ethyl adjacent to an activating group) is 1. The van der Waals surface area contributed by atoms with Crippen LogP contribution in [0.4, 0.5) is 0 Å². The Morgan fingerprint density at radius 1 is 1.52 bits per heavy atom. The van der Waals surface area contributed by atoms with Gasteiger partial charge in [-0.3, -0.25) is 9.69 Å². The molecule has 0 unspecified atom stereocenters. The first-order valence-electron chi connectivity index (χ1n) is 7.62. The molecule has 124 valence electrons. The van der Waals surface area contributed by atoms with Gasteiger partial charge in [0.2, 0.25) is 11.8 Å². The molecule has 0 bridgehead atoms. The number of aliphatic hydroxyl groups excluding tert-OH is 1. The minimum absolute atomic E-state index is 0.0220. The summed E-state index contributed by atoms with van der Waals surface area (Å²) in [6.07, 6.45) is -0.581. The van der Waals surface area contributed by atoms with E-state index in [0.29, 0.717) is 36.3 Å². The number of aryl methyl sites for hydroxylation is 1. The van der Waals surface area contributed by atoms with Gasteiger partial charge in [-0.1, -0.05) is 13.0 Å². The highest BCUT2D eigenvalue weighted by Gasteiger charge is 2.38. The molecule has 0 radical (unpaired) electrons. The SMILES string of the molecule is CCN(Cc1nnc(C)o1)[C@H]1CN(C(=O)c2cccs2)C[C@H]1O. The molecule has 1 fully saturated rings. The molecule has 1 aliphatic heterocycles. The number of amides is 1. The molecular weight excluding hydrogens is 316 g/mol. The summed E-state index contributed by atoms with van der Waals surface area (Å²) >= 11 is 1.42. The highest BCUT2D eigenvalue weighted by atomic mass is 32.1. The summed E-state index contributed by atoms with van der Waals surface area (Å²) in [7, 11) is 0. The lowest BCUT2D eigenvalue weighted by Gasteiger charge is -2.27. The molecular formula is C15H20N4O3S. The first-order valence-corrected chi connectivity index (χ1v) is 8.50. The molecule has 1 aliphatic rings. The second-order valence-corrected chi connectivity index (χ2v) is 6.55. The van der Waals surface area contributed by atoms with E-state index in [4.69, 9.17) is 4.42 Å². The number of β-amino-alcohol motifs (C(OH)–C–C–N with tert-alkyl or cyclic N) is 1. The van der Waals surface area contributed by atoms with E-state index in [1.807, 2.05) is 24.4 Å². The van der Waals surface area contributed by atoms with Crippen LogP contribution in [0.25, 0.3) is 0 Å². The molecule has 0 saturated carbocycles. The smallest absolute Gasteiger partial charge is 0.264 e. The third-order valence-corrected chi connectivity index (χ3v) is 4.92. The van der Waals surface area contributed by atoms with Crippen LogP contribution in [0.2, 0.25) is 0 Å². The zero-order valence-corrected chi connectivity index (χ0v) is 14.0. The number of carbonyl (C=O) groups is 1. The van der Waals surface area contributed by atoms with Gasteiger partial charge in [0, 0.05) is 20.0 Å². The monoisotopic (exact) mass is 336 g/mol. The number of carbonyl (C=O) groups excluding carboxylic acids is 1. The molecule has 3 rings (SSSR count). The first-order chi connectivity index (χ1) is 11.1. The van der Waals surface area contributed by atoms with Gasteiger partial charge >= 0.3 is 0 Å². The van der Waals surface area contributed by atoms with Crippen molar-refractivity contribution in [2.75, 3.05) is 19.6 Å². The van der Waals surface area contributed by atoms with E-state index >= 15 is 0 Å². The van der Waals surface area contributed by atoms with Crippen molar-refractivity contribution >= 4 is 17.2 Å². The number of hydrogen-bond acceptors (Lipinski definition) is 7. The van der Waals surface area contributed by atoms with Gasteiger partial charge in [-0.25, -0.2) is 0 Å². The van der Waals surface area contributed by atoms with Gasteiger partial charge in [-0.05, 0) is 18.0 Å². The van der Waals surface area contributed by atoms with Crippen molar-refractivity contribution in [3.8, 4) is 0 Å². The second kappa shape index (κ2) is 6.77. The van der Waals surface area contributed by atoms with E-state index in [1.54, 1.807) is 11.8 Å². The largest absolute Gasteiger partial charge is 0.424 e. The summed E-state index contributed by atoms with van der Waals surface area (Å²) in [4.78, 5) is 16.9. The van der Waals surface area contributed by atoms with Crippen LogP contribution in [0.1, 0.15) is 28.4 Å². The van der Waals surface area contributed by atoms with Crippen molar-refractivity contribution in [3.05, 3.63) is 34.2 Å². The second-order valence-electron chi connectivity index (χ2n) is 5.60. The summed E-state index contributed by atoms with van der Waals surface area (Å²) in [6, 6.07) is 3.54. The van der Waals surface area contributed by atoms with Crippen LogP contribution in [-0.4, -0.2) is 62.8 Å². The number of aromatic nitrogens is 2. The van der Waals surface area contributed by atoms with Crippen LogP contribution in [-0.2, 0) is 6.54 Å². The summed E-state index contributed by atoms with van der Waals surface area (Å²) in [5.74, 6) is 1.03. The molecule has 23 heavy (non-hydrogen) atoms. The number of hydrogen-bond donors (Lipinski definition) is 1. The summed E-state index contributed by atoms with van der Waals surface area (Å²) < 4.78 is 5.42. The van der Waals surface area contributed by atoms with Gasteiger partial charge in [0.1, 0.15) is 0 Å². The number of nitrogens with zero attached hydrogens (tertiary/aromatic N) is 4. The van der Waals surface area contributed by atoms with Crippen molar-refractivity contribution in [2.45, 2.75) is 32.5 Å². The third kappa shape index (κ3) is 3.44. The molecule has 1 amide bonds. The van der Waals surface area contributed by atoms with Crippen molar-refractivity contribution in [1.29, 1.82) is 0 Å². The van der Waals surface area contributed by atoms with Gasteiger partial charge in [-0.2, -0.15) is 0 Å². The Morgan fingerprint density at radius 2 is 2.35 bits per heavy atom. The van der Waals surface area contributed by atoms with Gasteiger partial charge in [0.25, 0.3) is 5.91 Å². The fourth-order valence-corrected chi connectivity index (χ4v) is 3.58. The molecule has 1 N–H and O–H groups in total. The van der Waals surface area contributed by atoms with Crippen LogP contribution in [0.15, 0.2) is 21.9 Å². The molecule has 0 aromatic carbocycles. The van der Waals surface area contributed by atoms with E-state index in [2.05, 4.69) is 15.1 Å². The zero-order chi connectivity index (χ0) is 16.4.